The molecular formula is C8H14ClN3S. The molecule has 1 unspecified atom stereocenters. The summed E-state index contributed by atoms with van der Waals surface area (Å²) in [4.78, 5) is 4.23. The normalized spacial score (nSPS) is 15.4. The van der Waals surface area contributed by atoms with E-state index in [0.717, 1.165) is 17.4 Å². The molecule has 1 aromatic heterocycles. The predicted molar refractivity (Wildman–Crippen MR) is 57.7 cm³/mol. The van der Waals surface area contributed by atoms with Crippen molar-refractivity contribution in [1.82, 2.24) is 9.36 Å². The van der Waals surface area contributed by atoms with Crippen LogP contribution in [0.3, 0.4) is 0 Å². The zero-order chi connectivity index (χ0) is 9.90. The van der Waals surface area contributed by atoms with Crippen molar-refractivity contribution in [1.29, 1.82) is 0 Å². The average molecular weight is 220 g/mol. The highest BCUT2D eigenvalue weighted by molar-refractivity contribution is 7.09. The van der Waals surface area contributed by atoms with Crippen LogP contribution < -0.4 is 5.32 Å². The number of nitrogens with zero attached hydrogens (tertiary/aromatic N) is 2. The van der Waals surface area contributed by atoms with Crippen LogP contribution in [0.1, 0.15) is 26.1 Å². The molecule has 0 aliphatic heterocycles. The van der Waals surface area contributed by atoms with Crippen LogP contribution >= 0.6 is 23.1 Å². The molecule has 0 saturated heterocycles. The molecule has 0 aromatic carbocycles. The van der Waals surface area contributed by atoms with Gasteiger partial charge in [-0.2, -0.15) is 4.37 Å². The first kappa shape index (κ1) is 10.7. The average Bonchev–Trinajstić information content (AvgIpc) is 2.51. The van der Waals surface area contributed by atoms with E-state index in [-0.39, 0.29) is 5.54 Å². The van der Waals surface area contributed by atoms with Crippen molar-refractivity contribution in [3.8, 4) is 0 Å². The number of anilines is 1. The van der Waals surface area contributed by atoms with Crippen LogP contribution in [0.25, 0.3) is 0 Å². The van der Waals surface area contributed by atoms with Gasteiger partial charge >= 0.3 is 0 Å². The number of rotatable bonds is 4. The number of aryl methyl sites for hydroxylation is 1. The smallest absolute Gasteiger partial charge is 0.203 e. The maximum Gasteiger partial charge on any atom is 0.203 e. The molecule has 0 bridgehead atoms. The van der Waals surface area contributed by atoms with Gasteiger partial charge < -0.3 is 5.32 Å². The largest absolute Gasteiger partial charge is 0.354 e. The highest BCUT2D eigenvalue weighted by Gasteiger charge is 2.21. The maximum absolute atomic E-state index is 5.86. The number of nitrogens with one attached hydrogen (secondary N) is 1. The Bertz CT molecular complexity index is 270. The minimum absolute atomic E-state index is 0.0759. The minimum Gasteiger partial charge on any atom is -0.354 e. The summed E-state index contributed by atoms with van der Waals surface area (Å²) in [5.74, 6) is 1.38. The van der Waals surface area contributed by atoms with Crippen LogP contribution in [0.4, 0.5) is 5.13 Å². The van der Waals surface area contributed by atoms with Crippen molar-refractivity contribution in [3.05, 3.63) is 5.82 Å². The van der Waals surface area contributed by atoms with Crippen molar-refractivity contribution >= 4 is 28.3 Å². The summed E-state index contributed by atoms with van der Waals surface area (Å²) in [6.07, 6.45) is 0.967. The lowest BCUT2D eigenvalue weighted by Gasteiger charge is -2.26. The van der Waals surface area contributed by atoms with Gasteiger partial charge in [0.2, 0.25) is 5.13 Å². The number of aromatic nitrogens is 2. The third-order valence-electron chi connectivity index (χ3n) is 2.01. The number of hydrogen-bond donors (Lipinski definition) is 1. The fourth-order valence-electron chi connectivity index (χ4n) is 0.822. The molecule has 0 aliphatic rings. The molecule has 3 nitrogen and oxygen atoms in total. The van der Waals surface area contributed by atoms with Gasteiger partial charge in [-0.15, -0.1) is 11.6 Å². The fourth-order valence-corrected chi connectivity index (χ4v) is 1.80. The van der Waals surface area contributed by atoms with E-state index in [9.17, 15) is 0 Å². The second-order valence-corrected chi connectivity index (χ2v) is 4.34. The van der Waals surface area contributed by atoms with E-state index in [1.807, 2.05) is 6.92 Å². The van der Waals surface area contributed by atoms with Crippen LogP contribution in [0, 0.1) is 6.92 Å². The SMILES string of the molecule is CCC(C)(CCl)Nc1nc(C)ns1. The number of hydrogen-bond acceptors (Lipinski definition) is 4. The Morgan fingerprint density at radius 1 is 1.62 bits per heavy atom. The summed E-state index contributed by atoms with van der Waals surface area (Å²) in [6, 6.07) is 0. The molecule has 5 heteroatoms. The van der Waals surface area contributed by atoms with E-state index in [0.29, 0.717) is 5.88 Å². The molecule has 0 aliphatic carbocycles. The first-order valence-corrected chi connectivity index (χ1v) is 5.55. The Morgan fingerprint density at radius 3 is 2.69 bits per heavy atom. The second kappa shape index (κ2) is 4.24. The molecule has 1 heterocycles. The summed E-state index contributed by atoms with van der Waals surface area (Å²) in [7, 11) is 0. The molecule has 1 atom stereocenters. The van der Waals surface area contributed by atoms with E-state index in [1.54, 1.807) is 0 Å². The summed E-state index contributed by atoms with van der Waals surface area (Å²) in [5, 5.41) is 4.14. The summed E-state index contributed by atoms with van der Waals surface area (Å²) >= 11 is 7.24. The van der Waals surface area contributed by atoms with E-state index in [1.165, 1.54) is 11.5 Å². The molecule has 1 rings (SSSR count). The number of alkyl halides is 1. The quantitative estimate of drug-likeness (QED) is 0.792. The van der Waals surface area contributed by atoms with Gasteiger partial charge in [-0.05, 0) is 20.3 Å². The Kier molecular flexibility index (Phi) is 3.50. The van der Waals surface area contributed by atoms with Gasteiger partial charge in [-0.3, -0.25) is 0 Å². The molecule has 1 aromatic rings. The first-order valence-electron chi connectivity index (χ1n) is 4.24. The van der Waals surface area contributed by atoms with Crippen molar-refractivity contribution in [3.63, 3.8) is 0 Å². The van der Waals surface area contributed by atoms with E-state index in [4.69, 9.17) is 11.6 Å². The molecule has 13 heavy (non-hydrogen) atoms. The molecule has 0 radical (unpaired) electrons. The lowest BCUT2D eigenvalue weighted by Crippen LogP contribution is -2.35. The Hall–Kier alpha value is -0.350. The van der Waals surface area contributed by atoms with E-state index in [2.05, 4.69) is 28.5 Å². The Labute approximate surface area is 87.7 Å². The van der Waals surface area contributed by atoms with Crippen molar-refractivity contribution in [2.45, 2.75) is 32.7 Å². The van der Waals surface area contributed by atoms with E-state index >= 15 is 0 Å². The van der Waals surface area contributed by atoms with Crippen LogP contribution in [0.5, 0.6) is 0 Å². The maximum atomic E-state index is 5.86. The zero-order valence-corrected chi connectivity index (χ0v) is 9.67. The fraction of sp³-hybridized carbons (Fsp3) is 0.750. The molecule has 0 amide bonds. The van der Waals surface area contributed by atoms with Crippen molar-refractivity contribution in [2.75, 3.05) is 11.2 Å². The molecule has 0 spiro atoms. The lowest BCUT2D eigenvalue weighted by molar-refractivity contribution is 0.553. The third kappa shape index (κ3) is 2.81. The monoisotopic (exact) mass is 219 g/mol. The van der Waals surface area contributed by atoms with Gasteiger partial charge in [-0.25, -0.2) is 4.98 Å². The van der Waals surface area contributed by atoms with Crippen LogP contribution in [0.15, 0.2) is 0 Å². The molecule has 74 valence electrons. The van der Waals surface area contributed by atoms with Crippen molar-refractivity contribution < 1.29 is 0 Å². The van der Waals surface area contributed by atoms with Gasteiger partial charge in [0, 0.05) is 17.4 Å². The van der Waals surface area contributed by atoms with Crippen molar-refractivity contribution in [2.24, 2.45) is 0 Å². The van der Waals surface area contributed by atoms with E-state index < -0.39 is 0 Å². The Balaban J connectivity index is 2.67. The second-order valence-electron chi connectivity index (χ2n) is 3.32. The Morgan fingerprint density at radius 2 is 2.31 bits per heavy atom. The highest BCUT2D eigenvalue weighted by atomic mass is 35.5. The molecular weight excluding hydrogens is 206 g/mol. The van der Waals surface area contributed by atoms with Gasteiger partial charge in [0.25, 0.3) is 0 Å². The zero-order valence-electron chi connectivity index (χ0n) is 8.09. The lowest BCUT2D eigenvalue weighted by atomic mass is 10.0. The van der Waals surface area contributed by atoms with Crippen LogP contribution in [-0.4, -0.2) is 20.8 Å². The molecule has 0 saturated carbocycles. The van der Waals surface area contributed by atoms with Gasteiger partial charge in [0.05, 0.1) is 5.54 Å². The van der Waals surface area contributed by atoms with Crippen LogP contribution in [-0.2, 0) is 0 Å². The van der Waals surface area contributed by atoms with Crippen LogP contribution in [0.2, 0.25) is 0 Å². The van der Waals surface area contributed by atoms with Gasteiger partial charge in [-0.1, -0.05) is 6.92 Å². The standard InChI is InChI=1S/C8H14ClN3S/c1-4-8(3,5-9)11-7-10-6(2)12-13-7/h4-5H2,1-3H3,(H,10,11,12). The van der Waals surface area contributed by atoms with Gasteiger partial charge in [0.15, 0.2) is 0 Å². The summed E-state index contributed by atoms with van der Waals surface area (Å²) < 4.78 is 4.09. The van der Waals surface area contributed by atoms with Gasteiger partial charge in [0.1, 0.15) is 5.82 Å². The first-order chi connectivity index (χ1) is 6.09. The third-order valence-corrected chi connectivity index (χ3v) is 3.32. The summed E-state index contributed by atoms with van der Waals surface area (Å²) in [5.41, 5.74) is -0.0759. The minimum atomic E-state index is -0.0759. The topological polar surface area (TPSA) is 37.8 Å². The highest BCUT2D eigenvalue weighted by Crippen LogP contribution is 2.20. The number of halogens is 1. The molecule has 1 N–H and O–H groups in total. The summed E-state index contributed by atoms with van der Waals surface area (Å²) in [6.45, 7) is 6.06. The molecule has 0 fully saturated rings. The predicted octanol–water partition coefficient (Wildman–Crippen LogP) is 2.67.